The molecule has 1 aliphatic rings. The van der Waals surface area contributed by atoms with E-state index < -0.39 is 64.7 Å². The molecule has 36 heavy (non-hydrogen) atoms. The molecule has 1 heterocycles. The molecule has 0 saturated carbocycles. The molecule has 0 radical (unpaired) electrons. The van der Waals surface area contributed by atoms with Crippen LogP contribution in [0.4, 0.5) is 13.2 Å². The first-order valence-electron chi connectivity index (χ1n) is 11.8. The molecule has 5 amide bonds. The number of halogens is 3. The molecule has 206 valence electrons. The van der Waals surface area contributed by atoms with Gasteiger partial charge in [0.05, 0.1) is 0 Å². The fourth-order valence-electron chi connectivity index (χ4n) is 3.83. The Labute approximate surface area is 209 Å². The Morgan fingerprint density at radius 2 is 1.53 bits per heavy atom. The van der Waals surface area contributed by atoms with E-state index in [1.807, 2.05) is 0 Å². The lowest BCUT2D eigenvalue weighted by atomic mass is 9.84. The summed E-state index contributed by atoms with van der Waals surface area (Å²) in [5.74, 6) is -5.72. The van der Waals surface area contributed by atoms with Crippen LogP contribution in [0.2, 0.25) is 0 Å². The van der Waals surface area contributed by atoms with Crippen molar-refractivity contribution in [3.8, 4) is 0 Å². The molecule has 4 atom stereocenters. The smallest absolute Gasteiger partial charge is 0.368 e. The number of piperidine rings is 1. The van der Waals surface area contributed by atoms with E-state index >= 15 is 0 Å². The van der Waals surface area contributed by atoms with E-state index in [1.165, 1.54) is 20.8 Å². The number of carbonyl (C=O) groups excluding carboxylic acids is 5. The van der Waals surface area contributed by atoms with Crippen LogP contribution in [-0.2, 0) is 24.0 Å². The maximum atomic E-state index is 13.1. The lowest BCUT2D eigenvalue weighted by molar-refractivity contribution is -0.175. The van der Waals surface area contributed by atoms with E-state index in [-0.39, 0.29) is 18.7 Å². The fraction of sp³-hybridized carbons (Fsp3) is 0.783. The molecule has 0 spiro atoms. The number of alkyl halides is 3. The number of primary amides is 1. The van der Waals surface area contributed by atoms with Gasteiger partial charge in [0.1, 0.15) is 18.1 Å². The van der Waals surface area contributed by atoms with Gasteiger partial charge >= 0.3 is 12.1 Å². The third-order valence-corrected chi connectivity index (χ3v) is 5.69. The van der Waals surface area contributed by atoms with Crippen LogP contribution < -0.4 is 27.0 Å². The minimum absolute atomic E-state index is 0.0324. The van der Waals surface area contributed by atoms with Gasteiger partial charge in [-0.25, -0.2) is 0 Å². The maximum absolute atomic E-state index is 13.1. The van der Waals surface area contributed by atoms with Gasteiger partial charge in [0.15, 0.2) is 0 Å². The van der Waals surface area contributed by atoms with Crippen molar-refractivity contribution in [2.75, 3.05) is 6.54 Å². The van der Waals surface area contributed by atoms with Gasteiger partial charge in [0.25, 0.3) is 0 Å². The van der Waals surface area contributed by atoms with Crippen molar-refractivity contribution in [1.29, 1.82) is 0 Å². The van der Waals surface area contributed by atoms with Gasteiger partial charge < -0.3 is 27.0 Å². The Bertz CT molecular complexity index is 849. The summed E-state index contributed by atoms with van der Waals surface area (Å²) in [7, 11) is 0. The molecule has 1 rings (SSSR count). The second kappa shape index (κ2) is 11.9. The van der Waals surface area contributed by atoms with Crippen LogP contribution >= 0.6 is 0 Å². The molecular weight excluding hydrogens is 483 g/mol. The Balaban J connectivity index is 3.11. The molecule has 0 aromatic heterocycles. The number of amides is 5. The molecule has 1 fully saturated rings. The highest BCUT2D eigenvalue weighted by Crippen LogP contribution is 2.25. The molecule has 1 saturated heterocycles. The topological polar surface area (TPSA) is 159 Å². The van der Waals surface area contributed by atoms with Gasteiger partial charge in [0, 0.05) is 12.5 Å². The fourth-order valence-corrected chi connectivity index (χ4v) is 3.83. The van der Waals surface area contributed by atoms with Gasteiger partial charge in [-0.05, 0) is 36.5 Å². The number of carbonyl (C=O) groups is 5. The Hall–Kier alpha value is -2.86. The number of nitrogens with one attached hydrogen (secondary N) is 4. The molecule has 4 unspecified atom stereocenters. The van der Waals surface area contributed by atoms with Crippen molar-refractivity contribution >= 4 is 29.5 Å². The molecule has 0 aliphatic carbocycles. The summed E-state index contributed by atoms with van der Waals surface area (Å²) in [5, 5.41) is 9.29. The summed E-state index contributed by atoms with van der Waals surface area (Å²) in [6, 6.07) is -4.07. The van der Waals surface area contributed by atoms with E-state index in [0.717, 1.165) is 0 Å². The zero-order valence-electron chi connectivity index (χ0n) is 21.6. The quantitative estimate of drug-likeness (QED) is 0.304. The van der Waals surface area contributed by atoms with Crippen molar-refractivity contribution in [3.63, 3.8) is 0 Å². The first-order valence-corrected chi connectivity index (χ1v) is 11.8. The van der Waals surface area contributed by atoms with Gasteiger partial charge in [-0.2, -0.15) is 13.2 Å². The highest BCUT2D eigenvalue weighted by Gasteiger charge is 2.44. The van der Waals surface area contributed by atoms with Gasteiger partial charge in [-0.3, -0.25) is 24.0 Å². The molecule has 13 heteroatoms. The zero-order valence-corrected chi connectivity index (χ0v) is 21.6. The minimum atomic E-state index is -5.20. The summed E-state index contributed by atoms with van der Waals surface area (Å²) in [6.07, 6.45) is -3.96. The lowest BCUT2D eigenvalue weighted by Gasteiger charge is -2.33. The molecule has 1 aliphatic heterocycles. The average Bonchev–Trinajstić information content (AvgIpc) is 2.69. The van der Waals surface area contributed by atoms with E-state index in [0.29, 0.717) is 19.4 Å². The minimum Gasteiger partial charge on any atom is -0.368 e. The summed E-state index contributed by atoms with van der Waals surface area (Å²) < 4.78 is 38.5. The molecular formula is C23H38F3N5O5. The number of hydrogen-bond acceptors (Lipinski definition) is 5. The SMILES string of the molecule is CC(C)(C)CC(NC(=O)C(NC(=O)C(F)(F)F)C(C)(C)C)C(=O)NC(CC1CCCNC1=O)C(N)=O. The van der Waals surface area contributed by atoms with Crippen LogP contribution in [0.1, 0.15) is 67.2 Å². The first-order chi connectivity index (χ1) is 16.2. The highest BCUT2D eigenvalue weighted by atomic mass is 19.4. The van der Waals surface area contributed by atoms with Crippen LogP contribution in [-0.4, -0.2) is 60.4 Å². The van der Waals surface area contributed by atoms with E-state index in [2.05, 4.69) is 16.0 Å². The van der Waals surface area contributed by atoms with Crippen LogP contribution in [0.25, 0.3) is 0 Å². The van der Waals surface area contributed by atoms with Crippen LogP contribution in [0.15, 0.2) is 0 Å². The Kier molecular flexibility index (Phi) is 10.3. The van der Waals surface area contributed by atoms with Gasteiger partial charge in [-0.15, -0.1) is 0 Å². The summed E-state index contributed by atoms with van der Waals surface area (Å²) in [4.78, 5) is 61.8. The van der Waals surface area contributed by atoms with Crippen molar-refractivity contribution in [3.05, 3.63) is 0 Å². The van der Waals surface area contributed by atoms with Crippen LogP contribution in [0, 0.1) is 16.7 Å². The predicted molar refractivity (Wildman–Crippen MR) is 125 cm³/mol. The Morgan fingerprint density at radius 1 is 0.972 bits per heavy atom. The van der Waals surface area contributed by atoms with E-state index in [1.54, 1.807) is 26.1 Å². The normalized spacial score (nSPS) is 19.4. The summed E-state index contributed by atoms with van der Waals surface area (Å²) in [6.45, 7) is 10.3. The second-order valence-electron chi connectivity index (χ2n) is 11.4. The number of hydrogen-bond donors (Lipinski definition) is 5. The number of rotatable bonds is 9. The molecule has 0 aromatic rings. The van der Waals surface area contributed by atoms with Crippen molar-refractivity contribution in [2.24, 2.45) is 22.5 Å². The maximum Gasteiger partial charge on any atom is 0.471 e. The molecule has 6 N–H and O–H groups in total. The van der Waals surface area contributed by atoms with Gasteiger partial charge in [0.2, 0.25) is 23.6 Å². The summed E-state index contributed by atoms with van der Waals surface area (Å²) in [5.41, 5.74) is 3.80. The van der Waals surface area contributed by atoms with Gasteiger partial charge in [-0.1, -0.05) is 41.5 Å². The lowest BCUT2D eigenvalue weighted by Crippen LogP contribution is -2.61. The third-order valence-electron chi connectivity index (χ3n) is 5.69. The molecule has 0 bridgehead atoms. The second-order valence-corrected chi connectivity index (χ2v) is 11.4. The zero-order chi connectivity index (χ0) is 28.1. The Morgan fingerprint density at radius 3 is 1.97 bits per heavy atom. The molecule has 0 aromatic carbocycles. The van der Waals surface area contributed by atoms with Crippen molar-refractivity contribution in [1.82, 2.24) is 21.3 Å². The van der Waals surface area contributed by atoms with E-state index in [9.17, 15) is 37.1 Å². The summed E-state index contributed by atoms with van der Waals surface area (Å²) >= 11 is 0. The molecule has 10 nitrogen and oxygen atoms in total. The van der Waals surface area contributed by atoms with E-state index in [4.69, 9.17) is 5.73 Å². The average molecular weight is 522 g/mol. The highest BCUT2D eigenvalue weighted by molar-refractivity contribution is 5.95. The van der Waals surface area contributed by atoms with Crippen LogP contribution in [0.5, 0.6) is 0 Å². The van der Waals surface area contributed by atoms with Crippen LogP contribution in [0.3, 0.4) is 0 Å². The third kappa shape index (κ3) is 10.0. The monoisotopic (exact) mass is 521 g/mol. The largest absolute Gasteiger partial charge is 0.471 e. The predicted octanol–water partition coefficient (Wildman–Crippen LogP) is 0.887. The van der Waals surface area contributed by atoms with Crippen molar-refractivity contribution < 1.29 is 37.1 Å². The standard InChI is InChI=1S/C23H38F3N5O5/c1-21(2,3)11-14(30-19(35)15(22(4,5)6)31-20(36)23(24,25)26)18(34)29-13(16(27)32)10-12-8-7-9-28-17(12)33/h12-15H,7-11H2,1-6H3,(H2,27,32)(H,28,33)(H,29,34)(H,30,35)(H,31,36). The number of nitrogens with two attached hydrogens (primary N) is 1. The first kappa shape index (κ1) is 31.2. The van der Waals surface area contributed by atoms with Crippen molar-refractivity contribution in [2.45, 2.75) is 91.5 Å².